The van der Waals surface area contributed by atoms with Gasteiger partial charge in [0.1, 0.15) is 16.2 Å². The van der Waals surface area contributed by atoms with Crippen LogP contribution in [0.25, 0.3) is 10.2 Å². The summed E-state index contributed by atoms with van der Waals surface area (Å²) in [4.78, 5) is 56.5. The molecule has 1 aliphatic rings. The number of rotatable bonds is 8. The molecule has 2 aromatic rings. The number of aromatic nitrogens is 2. The van der Waals surface area contributed by atoms with Gasteiger partial charge in [0.15, 0.2) is 6.61 Å². The number of ether oxygens (including phenoxy) is 1. The number of thiophene rings is 1. The Bertz CT molecular complexity index is 871. The van der Waals surface area contributed by atoms with Crippen molar-refractivity contribution in [3.8, 4) is 0 Å². The van der Waals surface area contributed by atoms with Crippen LogP contribution in [0, 0.1) is 0 Å². The largest absolute Gasteiger partial charge is 0.455 e. The Morgan fingerprint density at radius 1 is 1.33 bits per heavy atom. The lowest BCUT2D eigenvalue weighted by Crippen LogP contribution is -2.38. The van der Waals surface area contributed by atoms with Crippen molar-refractivity contribution in [3.63, 3.8) is 0 Å². The van der Waals surface area contributed by atoms with Crippen LogP contribution in [0.5, 0.6) is 0 Å². The molecule has 2 aromatic heterocycles. The molecule has 0 atom stereocenters. The molecule has 27 heavy (non-hydrogen) atoms. The van der Waals surface area contributed by atoms with Gasteiger partial charge < -0.3 is 10.1 Å². The van der Waals surface area contributed by atoms with Gasteiger partial charge in [-0.3, -0.25) is 24.1 Å². The third-order valence-corrected chi connectivity index (χ3v) is 6.07. The molecule has 1 fully saturated rings. The second kappa shape index (κ2) is 9.15. The number of imide groups is 1. The van der Waals surface area contributed by atoms with E-state index in [9.17, 15) is 19.2 Å². The van der Waals surface area contributed by atoms with Crippen LogP contribution in [0.3, 0.4) is 0 Å². The fraction of sp³-hybridized carbons (Fsp3) is 0.333. The first-order chi connectivity index (χ1) is 13.0. The zero-order valence-corrected chi connectivity index (χ0v) is 16.3. The predicted molar refractivity (Wildman–Crippen MR) is 102 cm³/mol. The first kappa shape index (κ1) is 19.6. The summed E-state index contributed by atoms with van der Waals surface area (Å²) >= 11 is 3.64. The van der Waals surface area contributed by atoms with E-state index in [1.807, 2.05) is 11.4 Å². The van der Waals surface area contributed by atoms with Gasteiger partial charge in [0, 0.05) is 18.5 Å². The molecule has 0 spiro atoms. The van der Waals surface area contributed by atoms with Crippen molar-refractivity contribution in [2.24, 2.45) is 0 Å². The lowest BCUT2D eigenvalue weighted by molar-refractivity contribution is -0.145. The van der Waals surface area contributed by atoms with E-state index in [1.165, 1.54) is 29.4 Å². The minimum atomic E-state index is -0.543. The summed E-state index contributed by atoms with van der Waals surface area (Å²) in [6.07, 6.45) is 1.44. The Labute approximate surface area is 166 Å². The number of nitrogens with one attached hydrogen (secondary N) is 1. The van der Waals surface area contributed by atoms with Crippen molar-refractivity contribution < 1.29 is 23.9 Å². The van der Waals surface area contributed by atoms with Crippen LogP contribution in [0.1, 0.15) is 0 Å². The number of thioether (sulfide) groups is 2. The lowest BCUT2D eigenvalue weighted by atomic mass is 10.4. The summed E-state index contributed by atoms with van der Waals surface area (Å²) in [6.45, 7) is -0.210. The quantitative estimate of drug-likeness (QED) is 0.376. The van der Waals surface area contributed by atoms with Crippen LogP contribution in [0.4, 0.5) is 4.79 Å². The molecule has 1 N–H and O–H groups in total. The molecule has 3 rings (SSSR count). The van der Waals surface area contributed by atoms with E-state index in [-0.39, 0.29) is 35.7 Å². The summed E-state index contributed by atoms with van der Waals surface area (Å²) in [6, 6.07) is 1.88. The number of esters is 1. The predicted octanol–water partition coefficient (Wildman–Crippen LogP) is 1.14. The summed E-state index contributed by atoms with van der Waals surface area (Å²) in [5.74, 6) is -1.16. The zero-order valence-electron chi connectivity index (χ0n) is 13.9. The first-order valence-corrected chi connectivity index (χ1v) is 10.6. The Kier molecular flexibility index (Phi) is 6.63. The molecule has 9 nitrogen and oxygen atoms in total. The molecular formula is C15H14N4O5S3. The normalized spacial score (nSPS) is 14.0. The average molecular weight is 427 g/mol. The minimum Gasteiger partial charge on any atom is -0.455 e. The van der Waals surface area contributed by atoms with Crippen molar-refractivity contribution in [2.45, 2.75) is 5.03 Å². The molecule has 3 heterocycles. The van der Waals surface area contributed by atoms with Crippen molar-refractivity contribution >= 4 is 68.1 Å². The van der Waals surface area contributed by atoms with Gasteiger partial charge in [-0.15, -0.1) is 11.3 Å². The van der Waals surface area contributed by atoms with Crippen molar-refractivity contribution in [2.75, 3.05) is 31.2 Å². The second-order valence-corrected chi connectivity index (χ2v) is 8.00. The molecule has 1 saturated heterocycles. The van der Waals surface area contributed by atoms with Crippen molar-refractivity contribution in [1.82, 2.24) is 20.2 Å². The van der Waals surface area contributed by atoms with Gasteiger partial charge in [-0.05, 0) is 11.4 Å². The summed E-state index contributed by atoms with van der Waals surface area (Å²) in [7, 11) is 0. The van der Waals surface area contributed by atoms with E-state index in [1.54, 1.807) is 0 Å². The number of carbonyl (C=O) groups excluding carboxylic acids is 4. The maximum Gasteiger partial charge on any atom is 0.316 e. The van der Waals surface area contributed by atoms with Gasteiger partial charge in [0.25, 0.3) is 11.1 Å². The van der Waals surface area contributed by atoms with Gasteiger partial charge in [-0.2, -0.15) is 0 Å². The summed E-state index contributed by atoms with van der Waals surface area (Å²) in [5.41, 5.74) is 0. The third-order valence-electron chi connectivity index (χ3n) is 3.41. The summed E-state index contributed by atoms with van der Waals surface area (Å²) in [5, 5.41) is 5.64. The molecule has 0 radical (unpaired) electrons. The highest BCUT2D eigenvalue weighted by atomic mass is 32.2. The lowest BCUT2D eigenvalue weighted by Gasteiger charge is -2.13. The molecule has 12 heteroatoms. The van der Waals surface area contributed by atoms with E-state index in [0.717, 1.165) is 26.9 Å². The zero-order chi connectivity index (χ0) is 19.2. The SMILES string of the molecule is O=C(COC(=O)CSc1ncnc2sccc12)NCCN1C(=O)CSC1=O. The molecule has 142 valence electrons. The minimum absolute atomic E-state index is 0.0171. The highest BCUT2D eigenvalue weighted by molar-refractivity contribution is 8.14. The van der Waals surface area contributed by atoms with E-state index in [0.29, 0.717) is 5.03 Å². The standard InChI is InChI=1S/C15H14N4O5S3/c20-10(16-2-3-19-11(21)6-27-15(19)23)5-24-12(22)7-26-14-9-1-4-25-13(9)17-8-18-14/h1,4,8H,2-3,5-7H2,(H,16,20). The second-order valence-electron chi connectivity index (χ2n) is 5.22. The van der Waals surface area contributed by atoms with Crippen LogP contribution in [0.15, 0.2) is 22.8 Å². The van der Waals surface area contributed by atoms with Gasteiger partial charge >= 0.3 is 5.97 Å². The average Bonchev–Trinajstić information content (AvgIpc) is 3.26. The fourth-order valence-corrected chi connectivity index (χ4v) is 4.48. The fourth-order valence-electron chi connectivity index (χ4n) is 2.15. The molecule has 0 aromatic carbocycles. The number of fused-ring (bicyclic) bond motifs is 1. The maximum atomic E-state index is 11.8. The van der Waals surface area contributed by atoms with Crippen LogP contribution in [-0.2, 0) is 19.1 Å². The topological polar surface area (TPSA) is 119 Å². The number of amides is 3. The molecule has 0 saturated carbocycles. The number of nitrogens with zero attached hydrogens (tertiary/aromatic N) is 3. The van der Waals surface area contributed by atoms with E-state index in [2.05, 4.69) is 15.3 Å². The van der Waals surface area contributed by atoms with E-state index >= 15 is 0 Å². The molecule has 0 bridgehead atoms. The highest BCUT2D eigenvalue weighted by Crippen LogP contribution is 2.27. The Balaban J connectivity index is 1.35. The molecule has 0 unspecified atom stereocenters. The van der Waals surface area contributed by atoms with Gasteiger partial charge in [-0.1, -0.05) is 23.5 Å². The molecule has 0 aliphatic carbocycles. The van der Waals surface area contributed by atoms with Gasteiger partial charge in [0.05, 0.1) is 11.5 Å². The summed E-state index contributed by atoms with van der Waals surface area (Å²) < 4.78 is 4.92. The molecule has 3 amide bonds. The van der Waals surface area contributed by atoms with Crippen molar-refractivity contribution in [1.29, 1.82) is 0 Å². The van der Waals surface area contributed by atoms with E-state index in [4.69, 9.17) is 4.74 Å². The van der Waals surface area contributed by atoms with Crippen LogP contribution < -0.4 is 5.32 Å². The number of carbonyl (C=O) groups is 4. The Hall–Kier alpha value is -2.18. The van der Waals surface area contributed by atoms with Crippen LogP contribution >= 0.6 is 34.9 Å². The van der Waals surface area contributed by atoms with Crippen LogP contribution in [-0.4, -0.2) is 69.1 Å². The maximum absolute atomic E-state index is 11.8. The highest BCUT2D eigenvalue weighted by Gasteiger charge is 2.29. The van der Waals surface area contributed by atoms with Gasteiger partial charge in [-0.25, -0.2) is 9.97 Å². The van der Waals surface area contributed by atoms with Crippen LogP contribution in [0.2, 0.25) is 0 Å². The van der Waals surface area contributed by atoms with E-state index < -0.39 is 18.5 Å². The smallest absolute Gasteiger partial charge is 0.316 e. The third kappa shape index (κ3) is 5.17. The monoisotopic (exact) mass is 426 g/mol. The van der Waals surface area contributed by atoms with Gasteiger partial charge in [0.2, 0.25) is 5.91 Å². The molecule has 1 aliphatic heterocycles. The Morgan fingerprint density at radius 3 is 2.96 bits per heavy atom. The van der Waals surface area contributed by atoms with Crippen molar-refractivity contribution in [3.05, 3.63) is 17.8 Å². The number of hydrogen-bond acceptors (Lipinski definition) is 10. The Morgan fingerprint density at radius 2 is 2.19 bits per heavy atom. The molecular weight excluding hydrogens is 412 g/mol. The number of hydrogen-bond donors (Lipinski definition) is 1. The first-order valence-electron chi connectivity index (χ1n) is 7.75.